The Morgan fingerprint density at radius 2 is 2.12 bits per heavy atom. The Kier molecular flexibility index (Phi) is 5.96. The zero-order valence-electron chi connectivity index (χ0n) is 14.1. The van der Waals surface area contributed by atoms with Gasteiger partial charge in [-0.05, 0) is 62.0 Å². The van der Waals surface area contributed by atoms with Gasteiger partial charge in [0.2, 0.25) is 0 Å². The van der Waals surface area contributed by atoms with E-state index in [2.05, 4.69) is 27.6 Å². The van der Waals surface area contributed by atoms with Gasteiger partial charge in [-0.15, -0.1) is 12.4 Å². The first-order valence-corrected chi connectivity index (χ1v) is 8.02. The highest BCUT2D eigenvalue weighted by Crippen LogP contribution is 2.26. The van der Waals surface area contributed by atoms with Crippen LogP contribution in [0.1, 0.15) is 35.7 Å². The SMILES string of the molecule is Cc1cc(C(=O)NCC2(C)CCNCC2)ccc1-n1cncn1.Cl. The molecule has 0 saturated carbocycles. The lowest BCUT2D eigenvalue weighted by Crippen LogP contribution is -2.42. The molecule has 0 bridgehead atoms. The van der Waals surface area contributed by atoms with Gasteiger partial charge in [0.1, 0.15) is 12.7 Å². The number of hydrogen-bond donors (Lipinski definition) is 2. The highest BCUT2D eigenvalue weighted by atomic mass is 35.5. The molecule has 1 aliphatic rings. The highest BCUT2D eigenvalue weighted by molar-refractivity contribution is 5.94. The van der Waals surface area contributed by atoms with E-state index in [-0.39, 0.29) is 23.7 Å². The summed E-state index contributed by atoms with van der Waals surface area (Å²) in [6, 6.07) is 5.65. The second-order valence-corrected chi connectivity index (χ2v) is 6.58. The van der Waals surface area contributed by atoms with Crippen LogP contribution in [0.5, 0.6) is 0 Å². The van der Waals surface area contributed by atoms with Crippen LogP contribution in [-0.4, -0.2) is 40.3 Å². The summed E-state index contributed by atoms with van der Waals surface area (Å²) in [5.41, 5.74) is 2.81. The number of nitrogens with one attached hydrogen (secondary N) is 2. The quantitative estimate of drug-likeness (QED) is 0.886. The Balaban J connectivity index is 0.00000208. The molecule has 0 radical (unpaired) electrons. The molecule has 1 fully saturated rings. The van der Waals surface area contributed by atoms with Gasteiger partial charge in [-0.3, -0.25) is 4.79 Å². The van der Waals surface area contributed by atoms with Crippen molar-refractivity contribution < 1.29 is 4.79 Å². The van der Waals surface area contributed by atoms with E-state index in [0.717, 1.165) is 43.7 Å². The van der Waals surface area contributed by atoms with Crippen molar-refractivity contribution in [3.63, 3.8) is 0 Å². The molecule has 130 valence electrons. The summed E-state index contributed by atoms with van der Waals surface area (Å²) in [5.74, 6) is -0.0157. The van der Waals surface area contributed by atoms with E-state index < -0.39 is 0 Å². The Morgan fingerprint density at radius 3 is 2.75 bits per heavy atom. The van der Waals surface area contributed by atoms with Crippen LogP contribution in [0.15, 0.2) is 30.9 Å². The normalized spacial score (nSPS) is 16.2. The van der Waals surface area contributed by atoms with E-state index in [9.17, 15) is 4.79 Å². The smallest absolute Gasteiger partial charge is 0.251 e. The van der Waals surface area contributed by atoms with Crippen LogP contribution in [0, 0.1) is 12.3 Å². The number of halogens is 1. The lowest BCUT2D eigenvalue weighted by atomic mass is 9.81. The minimum absolute atomic E-state index is 0. The van der Waals surface area contributed by atoms with Gasteiger partial charge < -0.3 is 10.6 Å². The highest BCUT2D eigenvalue weighted by Gasteiger charge is 2.27. The summed E-state index contributed by atoms with van der Waals surface area (Å²) in [7, 11) is 0. The van der Waals surface area contributed by atoms with Gasteiger partial charge in [0, 0.05) is 12.1 Å². The number of carbonyl (C=O) groups excluding carboxylic acids is 1. The van der Waals surface area contributed by atoms with Crippen molar-refractivity contribution in [3.8, 4) is 5.69 Å². The lowest BCUT2D eigenvalue weighted by molar-refractivity contribution is 0.0922. The van der Waals surface area contributed by atoms with Crippen LogP contribution in [0.25, 0.3) is 5.69 Å². The van der Waals surface area contributed by atoms with Gasteiger partial charge >= 0.3 is 0 Å². The number of aryl methyl sites for hydroxylation is 1. The van der Waals surface area contributed by atoms with Crippen LogP contribution >= 0.6 is 12.4 Å². The molecule has 0 spiro atoms. The number of nitrogens with zero attached hydrogens (tertiary/aromatic N) is 3. The third kappa shape index (κ3) is 4.13. The van der Waals surface area contributed by atoms with Crippen LogP contribution in [0.4, 0.5) is 0 Å². The van der Waals surface area contributed by atoms with Crippen molar-refractivity contribution in [1.82, 2.24) is 25.4 Å². The van der Waals surface area contributed by atoms with Crippen molar-refractivity contribution in [2.24, 2.45) is 5.41 Å². The van der Waals surface area contributed by atoms with Crippen molar-refractivity contribution in [2.75, 3.05) is 19.6 Å². The van der Waals surface area contributed by atoms with E-state index >= 15 is 0 Å². The van der Waals surface area contributed by atoms with Crippen molar-refractivity contribution in [2.45, 2.75) is 26.7 Å². The molecule has 3 rings (SSSR count). The van der Waals surface area contributed by atoms with Gasteiger partial charge in [-0.25, -0.2) is 9.67 Å². The first-order chi connectivity index (χ1) is 11.1. The molecular formula is C17H24ClN5O. The van der Waals surface area contributed by atoms with Gasteiger partial charge in [0.25, 0.3) is 5.91 Å². The minimum atomic E-state index is -0.0157. The summed E-state index contributed by atoms with van der Waals surface area (Å²) in [6.45, 7) is 6.99. The van der Waals surface area contributed by atoms with Crippen molar-refractivity contribution in [3.05, 3.63) is 42.0 Å². The molecule has 1 amide bonds. The number of aromatic nitrogens is 3. The summed E-state index contributed by atoms with van der Waals surface area (Å²) < 4.78 is 1.70. The molecule has 1 aliphatic heterocycles. The number of piperidine rings is 1. The fraction of sp³-hybridized carbons (Fsp3) is 0.471. The maximum atomic E-state index is 12.4. The largest absolute Gasteiger partial charge is 0.351 e. The topological polar surface area (TPSA) is 71.8 Å². The van der Waals surface area contributed by atoms with Crippen LogP contribution < -0.4 is 10.6 Å². The molecule has 2 heterocycles. The minimum Gasteiger partial charge on any atom is -0.351 e. The number of hydrogen-bond acceptors (Lipinski definition) is 4. The van der Waals surface area contributed by atoms with E-state index in [4.69, 9.17) is 0 Å². The van der Waals surface area contributed by atoms with Gasteiger partial charge in [0.15, 0.2) is 0 Å². The molecule has 1 saturated heterocycles. The van der Waals surface area contributed by atoms with Gasteiger partial charge in [-0.1, -0.05) is 6.92 Å². The second kappa shape index (κ2) is 7.77. The molecule has 0 unspecified atom stereocenters. The molecule has 1 aromatic heterocycles. The van der Waals surface area contributed by atoms with Crippen molar-refractivity contribution >= 4 is 18.3 Å². The number of benzene rings is 1. The Bertz CT molecular complexity index is 680. The van der Waals surface area contributed by atoms with Crippen LogP contribution in [0.3, 0.4) is 0 Å². The fourth-order valence-electron chi connectivity index (χ4n) is 2.99. The molecule has 2 N–H and O–H groups in total. The molecule has 24 heavy (non-hydrogen) atoms. The molecular weight excluding hydrogens is 326 g/mol. The average molecular weight is 350 g/mol. The van der Waals surface area contributed by atoms with Gasteiger partial charge in [-0.2, -0.15) is 5.10 Å². The summed E-state index contributed by atoms with van der Waals surface area (Å²) in [6.07, 6.45) is 5.34. The number of amides is 1. The standard InChI is InChI=1S/C17H23N5O.ClH/c1-13-9-14(3-4-15(13)22-12-19-11-21-22)16(23)20-10-17(2)5-7-18-8-6-17;/h3-4,9,11-12,18H,5-8,10H2,1-2H3,(H,20,23);1H. The van der Waals surface area contributed by atoms with Crippen LogP contribution in [-0.2, 0) is 0 Å². The third-order valence-electron chi connectivity index (χ3n) is 4.61. The first kappa shape index (κ1) is 18.4. The fourth-order valence-corrected chi connectivity index (χ4v) is 2.99. The van der Waals surface area contributed by atoms with Crippen molar-refractivity contribution in [1.29, 1.82) is 0 Å². The maximum absolute atomic E-state index is 12.4. The monoisotopic (exact) mass is 349 g/mol. The second-order valence-electron chi connectivity index (χ2n) is 6.58. The molecule has 6 nitrogen and oxygen atoms in total. The molecule has 1 aromatic carbocycles. The lowest BCUT2D eigenvalue weighted by Gasteiger charge is -2.34. The van der Waals surface area contributed by atoms with Crippen LogP contribution in [0.2, 0.25) is 0 Å². The van der Waals surface area contributed by atoms with E-state index in [1.807, 2.05) is 25.1 Å². The van der Waals surface area contributed by atoms with E-state index in [0.29, 0.717) is 5.56 Å². The first-order valence-electron chi connectivity index (χ1n) is 8.02. The summed E-state index contributed by atoms with van der Waals surface area (Å²) >= 11 is 0. The number of carbonyl (C=O) groups is 1. The predicted molar refractivity (Wildman–Crippen MR) is 95.9 cm³/mol. The summed E-state index contributed by atoms with van der Waals surface area (Å²) in [4.78, 5) is 16.4. The van der Waals surface area contributed by atoms with E-state index in [1.54, 1.807) is 11.0 Å². The molecule has 7 heteroatoms. The Labute approximate surface area is 148 Å². The average Bonchev–Trinajstić information content (AvgIpc) is 3.07. The van der Waals surface area contributed by atoms with E-state index in [1.165, 1.54) is 6.33 Å². The molecule has 2 aromatic rings. The Hall–Kier alpha value is -1.92. The predicted octanol–water partition coefficient (Wildman–Crippen LogP) is 2.12. The molecule has 0 atom stereocenters. The Morgan fingerprint density at radius 1 is 1.38 bits per heavy atom. The number of rotatable bonds is 4. The zero-order chi connectivity index (χ0) is 16.3. The van der Waals surface area contributed by atoms with Gasteiger partial charge in [0.05, 0.1) is 5.69 Å². The summed E-state index contributed by atoms with van der Waals surface area (Å²) in [5, 5.41) is 10.6. The molecule has 0 aliphatic carbocycles. The zero-order valence-corrected chi connectivity index (χ0v) is 14.9. The third-order valence-corrected chi connectivity index (χ3v) is 4.61. The maximum Gasteiger partial charge on any atom is 0.251 e.